The summed E-state index contributed by atoms with van der Waals surface area (Å²) in [6.07, 6.45) is 0.199. The monoisotopic (exact) mass is 665 g/mol. The highest BCUT2D eigenvalue weighted by molar-refractivity contribution is 6.31. The third-order valence-corrected chi connectivity index (χ3v) is 8.62. The van der Waals surface area contributed by atoms with Gasteiger partial charge in [-0.05, 0) is 47.9 Å². The van der Waals surface area contributed by atoms with Crippen molar-refractivity contribution in [3.63, 3.8) is 0 Å². The first kappa shape index (κ1) is 32.1. The molecule has 12 nitrogen and oxygen atoms in total. The first-order valence-corrected chi connectivity index (χ1v) is 15.7. The average molecular weight is 666 g/mol. The Kier molecular flexibility index (Phi) is 9.76. The van der Waals surface area contributed by atoms with Gasteiger partial charge in [-0.25, -0.2) is 0 Å². The van der Waals surface area contributed by atoms with E-state index in [1.807, 2.05) is 12.1 Å². The van der Waals surface area contributed by atoms with Crippen LogP contribution in [-0.2, 0) is 33.8 Å². The molecule has 6 aliphatic rings. The summed E-state index contributed by atoms with van der Waals surface area (Å²) >= 11 is 6.50. The number of likely N-dealkylation sites (tertiary alicyclic amines) is 1. The van der Waals surface area contributed by atoms with E-state index in [1.165, 1.54) is 7.11 Å². The fraction of sp³-hybridized carbons (Fsp3) is 0.382. The van der Waals surface area contributed by atoms with Crippen molar-refractivity contribution in [3.8, 4) is 34.5 Å². The molecule has 0 unspecified atom stereocenters. The molecule has 0 aromatic heterocycles. The van der Waals surface area contributed by atoms with E-state index in [1.54, 1.807) is 48.4 Å². The van der Waals surface area contributed by atoms with Crippen LogP contribution in [0.15, 0.2) is 48.5 Å². The topological polar surface area (TPSA) is 134 Å². The molecule has 47 heavy (non-hydrogen) atoms. The van der Waals surface area contributed by atoms with Crippen molar-refractivity contribution >= 4 is 29.3 Å². The Morgan fingerprint density at radius 3 is 2.47 bits per heavy atom. The molecule has 6 aliphatic heterocycles. The standard InChI is InChI=1S/C34H36ClN3O9/c1-42-27-14-23-6-5-21(27)16-36-32(39)8-4-20-3-7-26(28(11-20)43-2)46-19-33(40)37-25-17-38(18-31(25)47-23)34(41)13-22-12-29-30(15-24(22)35)45-10-9-44-29/h3,5-7,11-12,14-15,25,31H,4,8-10,13,16-19H2,1-2H3,(H,36,39)(H,37,40)/t25-,31-/m1/s1. The number of benzene rings is 3. The third-order valence-electron chi connectivity index (χ3n) is 8.27. The lowest BCUT2D eigenvalue weighted by Crippen LogP contribution is -2.46. The number of hydrogen-bond acceptors (Lipinski definition) is 9. The summed E-state index contributed by atoms with van der Waals surface area (Å²) in [6.45, 7) is 1.24. The molecule has 0 saturated carbocycles. The average Bonchev–Trinajstić information content (AvgIpc) is 3.47. The Morgan fingerprint density at radius 2 is 1.68 bits per heavy atom. The van der Waals surface area contributed by atoms with Gasteiger partial charge in [0.25, 0.3) is 5.91 Å². The van der Waals surface area contributed by atoms with Gasteiger partial charge < -0.3 is 44.0 Å². The van der Waals surface area contributed by atoms with Crippen molar-refractivity contribution in [2.45, 2.75) is 38.0 Å². The van der Waals surface area contributed by atoms with Gasteiger partial charge in [0, 0.05) is 42.2 Å². The maximum absolute atomic E-state index is 13.6. The molecule has 13 heteroatoms. The normalized spacial score (nSPS) is 19.5. The summed E-state index contributed by atoms with van der Waals surface area (Å²) in [6, 6.07) is 13.5. The molecule has 3 aromatic carbocycles. The summed E-state index contributed by atoms with van der Waals surface area (Å²) in [5, 5.41) is 6.34. The number of nitrogens with zero attached hydrogens (tertiary/aromatic N) is 1. The first-order chi connectivity index (χ1) is 22.8. The van der Waals surface area contributed by atoms with E-state index >= 15 is 0 Å². The molecule has 4 bridgehead atoms. The van der Waals surface area contributed by atoms with Crippen LogP contribution in [0.1, 0.15) is 23.1 Å². The van der Waals surface area contributed by atoms with E-state index in [9.17, 15) is 14.4 Å². The van der Waals surface area contributed by atoms with Crippen molar-refractivity contribution in [2.24, 2.45) is 0 Å². The van der Waals surface area contributed by atoms with Crippen LogP contribution in [0, 0.1) is 0 Å². The first-order valence-electron chi connectivity index (χ1n) is 15.3. The number of fused-ring (bicyclic) bond motifs is 1. The Balaban J connectivity index is 1.24. The second-order valence-electron chi connectivity index (χ2n) is 11.4. The summed E-state index contributed by atoms with van der Waals surface area (Å²) in [7, 11) is 3.06. The Bertz CT molecular complexity index is 1670. The molecule has 6 heterocycles. The zero-order valence-electron chi connectivity index (χ0n) is 26.1. The van der Waals surface area contributed by atoms with Gasteiger partial charge >= 0.3 is 0 Å². The number of aryl methyl sites for hydroxylation is 1. The van der Waals surface area contributed by atoms with Crippen LogP contribution in [0.25, 0.3) is 0 Å². The fourth-order valence-corrected chi connectivity index (χ4v) is 6.01. The van der Waals surface area contributed by atoms with E-state index < -0.39 is 18.1 Å². The molecular weight excluding hydrogens is 630 g/mol. The van der Waals surface area contributed by atoms with Gasteiger partial charge in [-0.1, -0.05) is 17.7 Å². The van der Waals surface area contributed by atoms with Crippen molar-refractivity contribution in [3.05, 3.63) is 70.2 Å². The highest BCUT2D eigenvalue weighted by Gasteiger charge is 2.38. The molecule has 2 N–H and O–H groups in total. The summed E-state index contributed by atoms with van der Waals surface area (Å²) in [4.78, 5) is 41.0. The SMILES string of the molecule is COc1cc2ccc1CNC(=O)CCc1ccc(c(OC)c1)OCC(=O)N[C@@H]1CN(C(=O)Cc3cc4c(cc3Cl)OCCO4)C[C@H]1O2. The summed E-state index contributed by atoms with van der Waals surface area (Å²) in [5.41, 5.74) is 2.27. The van der Waals surface area contributed by atoms with E-state index in [2.05, 4.69) is 10.6 Å². The van der Waals surface area contributed by atoms with Crippen LogP contribution >= 0.6 is 11.6 Å². The molecule has 3 aromatic rings. The Morgan fingerprint density at radius 1 is 0.894 bits per heavy atom. The number of carbonyl (C=O) groups is 3. The molecule has 1 saturated heterocycles. The van der Waals surface area contributed by atoms with E-state index in [0.29, 0.717) is 64.7 Å². The number of ether oxygens (including phenoxy) is 6. The molecule has 2 atom stereocenters. The predicted octanol–water partition coefficient (Wildman–Crippen LogP) is 3.09. The molecular formula is C34H36ClN3O9. The summed E-state index contributed by atoms with van der Waals surface area (Å²) in [5.74, 6) is 2.25. The minimum atomic E-state index is -0.590. The minimum Gasteiger partial charge on any atom is -0.496 e. The van der Waals surface area contributed by atoms with Crippen LogP contribution in [-0.4, -0.2) is 81.9 Å². The molecule has 0 aliphatic carbocycles. The lowest BCUT2D eigenvalue weighted by atomic mass is 10.1. The second-order valence-corrected chi connectivity index (χ2v) is 11.8. The molecule has 9 rings (SSSR count). The largest absolute Gasteiger partial charge is 0.496 e. The maximum atomic E-state index is 13.6. The third kappa shape index (κ3) is 7.60. The second kappa shape index (κ2) is 14.3. The van der Waals surface area contributed by atoms with E-state index in [0.717, 1.165) is 11.1 Å². The zero-order valence-corrected chi connectivity index (χ0v) is 26.9. The number of nitrogens with one attached hydrogen (secondary N) is 2. The number of hydrogen-bond donors (Lipinski definition) is 2. The molecule has 1 fully saturated rings. The van der Waals surface area contributed by atoms with Crippen molar-refractivity contribution in [2.75, 3.05) is 47.1 Å². The summed E-state index contributed by atoms with van der Waals surface area (Å²) < 4.78 is 34.5. The Hall–Kier alpha value is -4.84. The van der Waals surface area contributed by atoms with Crippen LogP contribution in [0.5, 0.6) is 34.5 Å². The van der Waals surface area contributed by atoms with Gasteiger partial charge in [0.1, 0.15) is 30.8 Å². The number of methoxy groups -OCH3 is 2. The predicted molar refractivity (Wildman–Crippen MR) is 171 cm³/mol. The lowest BCUT2D eigenvalue weighted by molar-refractivity contribution is -0.130. The van der Waals surface area contributed by atoms with Crippen molar-refractivity contribution < 1.29 is 42.8 Å². The van der Waals surface area contributed by atoms with Gasteiger partial charge in [0.15, 0.2) is 29.6 Å². The van der Waals surface area contributed by atoms with E-state index in [4.69, 9.17) is 40.0 Å². The van der Waals surface area contributed by atoms with Crippen LogP contribution in [0.4, 0.5) is 0 Å². The van der Waals surface area contributed by atoms with Gasteiger partial charge in [-0.2, -0.15) is 0 Å². The molecule has 0 radical (unpaired) electrons. The number of halogens is 1. The van der Waals surface area contributed by atoms with E-state index in [-0.39, 0.29) is 50.9 Å². The van der Waals surface area contributed by atoms with Gasteiger partial charge in [-0.3, -0.25) is 14.4 Å². The number of amides is 3. The lowest BCUT2D eigenvalue weighted by Gasteiger charge is -2.22. The smallest absolute Gasteiger partial charge is 0.258 e. The fourth-order valence-electron chi connectivity index (χ4n) is 5.79. The van der Waals surface area contributed by atoms with Gasteiger partial charge in [0.05, 0.1) is 33.2 Å². The zero-order chi connectivity index (χ0) is 32.9. The number of carbonyl (C=O) groups excluding carboxylic acids is 3. The maximum Gasteiger partial charge on any atom is 0.258 e. The van der Waals surface area contributed by atoms with Gasteiger partial charge in [-0.15, -0.1) is 0 Å². The molecule has 3 amide bonds. The highest BCUT2D eigenvalue weighted by atomic mass is 35.5. The van der Waals surface area contributed by atoms with Gasteiger partial charge in [0.2, 0.25) is 11.8 Å². The van der Waals surface area contributed by atoms with Crippen molar-refractivity contribution in [1.82, 2.24) is 15.5 Å². The van der Waals surface area contributed by atoms with Crippen LogP contribution in [0.2, 0.25) is 5.02 Å². The number of rotatable bonds is 4. The van der Waals surface area contributed by atoms with Crippen LogP contribution in [0.3, 0.4) is 0 Å². The van der Waals surface area contributed by atoms with Crippen molar-refractivity contribution in [1.29, 1.82) is 0 Å². The minimum absolute atomic E-state index is 0.0238. The Labute approximate surface area is 277 Å². The highest BCUT2D eigenvalue weighted by Crippen LogP contribution is 2.36. The van der Waals surface area contributed by atoms with Crippen LogP contribution < -0.4 is 39.1 Å². The molecule has 0 spiro atoms. The quantitative estimate of drug-likeness (QED) is 0.431. The molecule has 248 valence electrons.